The van der Waals surface area contributed by atoms with Gasteiger partial charge in [0.2, 0.25) is 0 Å². The molecule has 0 aliphatic rings. The largest absolute Gasteiger partial charge is 0.469 e. The maximum atomic E-state index is 11.0. The van der Waals surface area contributed by atoms with E-state index in [1.807, 2.05) is 18.2 Å². The van der Waals surface area contributed by atoms with E-state index in [2.05, 4.69) is 41.1 Å². The van der Waals surface area contributed by atoms with Gasteiger partial charge in [-0.15, -0.1) is 0 Å². The van der Waals surface area contributed by atoms with Crippen LogP contribution in [0.1, 0.15) is 36.0 Å². The van der Waals surface area contributed by atoms with Gasteiger partial charge in [0.1, 0.15) is 0 Å². The van der Waals surface area contributed by atoms with Crippen molar-refractivity contribution in [2.45, 2.75) is 38.2 Å². The van der Waals surface area contributed by atoms with Crippen molar-refractivity contribution in [2.75, 3.05) is 7.11 Å². The molecular weight excluding hydrogens is 288 g/mol. The third-order valence-corrected chi connectivity index (χ3v) is 3.89. The van der Waals surface area contributed by atoms with Crippen LogP contribution in [0.25, 0.3) is 0 Å². The second-order valence-corrected chi connectivity index (χ2v) is 5.81. The molecular formula is C20H24O3. The average molecular weight is 312 g/mol. The minimum atomic E-state index is -0.417. The Hall–Kier alpha value is -2.13. The van der Waals surface area contributed by atoms with Crippen LogP contribution in [0.5, 0.6) is 0 Å². The molecule has 0 heterocycles. The van der Waals surface area contributed by atoms with Crippen LogP contribution < -0.4 is 0 Å². The summed E-state index contributed by atoms with van der Waals surface area (Å²) in [6.45, 7) is 0. The van der Waals surface area contributed by atoms with Gasteiger partial charge in [-0.05, 0) is 42.4 Å². The first-order chi connectivity index (χ1) is 11.2. The number of esters is 1. The minimum Gasteiger partial charge on any atom is -0.469 e. The van der Waals surface area contributed by atoms with Gasteiger partial charge in [0.25, 0.3) is 0 Å². The lowest BCUT2D eigenvalue weighted by atomic mass is 10.00. The van der Waals surface area contributed by atoms with E-state index >= 15 is 0 Å². The molecule has 0 aromatic heterocycles. The highest BCUT2D eigenvalue weighted by atomic mass is 16.5. The van der Waals surface area contributed by atoms with Crippen LogP contribution >= 0.6 is 0 Å². The Bertz CT molecular complexity index is 590. The fourth-order valence-corrected chi connectivity index (χ4v) is 2.58. The normalized spacial score (nSPS) is 11.9. The molecule has 23 heavy (non-hydrogen) atoms. The number of ether oxygens (including phenoxy) is 1. The summed E-state index contributed by atoms with van der Waals surface area (Å²) in [5.41, 5.74) is 3.68. The number of aliphatic hydroxyl groups excluding tert-OH is 1. The summed E-state index contributed by atoms with van der Waals surface area (Å²) in [7, 11) is 1.38. The second kappa shape index (κ2) is 9.11. The minimum absolute atomic E-state index is 0.220. The van der Waals surface area contributed by atoms with Gasteiger partial charge in [0.05, 0.1) is 13.2 Å². The van der Waals surface area contributed by atoms with Crippen LogP contribution in [0, 0.1) is 0 Å². The van der Waals surface area contributed by atoms with Crippen LogP contribution in [0.15, 0.2) is 54.6 Å². The first-order valence-corrected chi connectivity index (χ1v) is 8.04. The van der Waals surface area contributed by atoms with Crippen molar-refractivity contribution in [1.82, 2.24) is 0 Å². The van der Waals surface area contributed by atoms with Crippen molar-refractivity contribution in [3.05, 3.63) is 71.3 Å². The smallest absolute Gasteiger partial charge is 0.305 e. The molecule has 3 nitrogen and oxygen atoms in total. The molecule has 1 N–H and O–H groups in total. The van der Waals surface area contributed by atoms with Crippen molar-refractivity contribution in [3.8, 4) is 0 Å². The van der Waals surface area contributed by atoms with E-state index in [1.54, 1.807) is 0 Å². The Labute approximate surface area is 137 Å². The van der Waals surface area contributed by atoms with Gasteiger partial charge in [-0.2, -0.15) is 0 Å². The zero-order valence-electron chi connectivity index (χ0n) is 13.6. The zero-order chi connectivity index (χ0) is 16.5. The number of methoxy groups -OCH3 is 1. The highest BCUT2D eigenvalue weighted by Gasteiger charge is 2.08. The monoisotopic (exact) mass is 312 g/mol. The van der Waals surface area contributed by atoms with Gasteiger partial charge in [-0.25, -0.2) is 0 Å². The third kappa shape index (κ3) is 6.25. The van der Waals surface area contributed by atoms with E-state index in [-0.39, 0.29) is 5.97 Å². The Kier molecular flexibility index (Phi) is 6.82. The van der Waals surface area contributed by atoms with E-state index < -0.39 is 6.10 Å². The van der Waals surface area contributed by atoms with Gasteiger partial charge in [-0.3, -0.25) is 4.79 Å². The maximum absolute atomic E-state index is 11.0. The van der Waals surface area contributed by atoms with Crippen molar-refractivity contribution >= 4 is 5.97 Å². The van der Waals surface area contributed by atoms with Crippen LogP contribution in [0.4, 0.5) is 0 Å². The summed E-state index contributed by atoms with van der Waals surface area (Å²) in [5.74, 6) is -0.220. The summed E-state index contributed by atoms with van der Waals surface area (Å²) >= 11 is 0. The Morgan fingerprint density at radius 2 is 1.61 bits per heavy atom. The molecule has 0 saturated carbocycles. The van der Waals surface area contributed by atoms with Gasteiger partial charge in [-0.1, -0.05) is 54.6 Å². The van der Waals surface area contributed by atoms with E-state index in [1.165, 1.54) is 18.2 Å². The summed E-state index contributed by atoms with van der Waals surface area (Å²) in [4.78, 5) is 11.0. The molecule has 0 aliphatic heterocycles. The molecule has 0 saturated heterocycles. The summed E-state index contributed by atoms with van der Waals surface area (Å²) < 4.78 is 4.59. The Balaban J connectivity index is 1.79. The van der Waals surface area contributed by atoms with Gasteiger partial charge in [0, 0.05) is 6.42 Å². The first kappa shape index (κ1) is 17.2. The SMILES string of the molecule is COC(=O)CCCC(O)Cc1ccc(Cc2ccccc2)cc1. The topological polar surface area (TPSA) is 46.5 Å². The Morgan fingerprint density at radius 1 is 1.00 bits per heavy atom. The number of aliphatic hydroxyl groups is 1. The molecule has 0 spiro atoms. The zero-order valence-corrected chi connectivity index (χ0v) is 13.6. The van der Waals surface area contributed by atoms with Crippen molar-refractivity contribution in [2.24, 2.45) is 0 Å². The molecule has 0 fully saturated rings. The third-order valence-electron chi connectivity index (χ3n) is 3.89. The van der Waals surface area contributed by atoms with Crippen molar-refractivity contribution in [1.29, 1.82) is 0 Å². The molecule has 2 rings (SSSR count). The highest BCUT2D eigenvalue weighted by Crippen LogP contribution is 2.13. The van der Waals surface area contributed by atoms with Crippen LogP contribution in [-0.2, 0) is 22.4 Å². The lowest BCUT2D eigenvalue weighted by molar-refractivity contribution is -0.140. The maximum Gasteiger partial charge on any atom is 0.305 e. The van der Waals surface area contributed by atoms with Gasteiger partial charge < -0.3 is 9.84 Å². The van der Waals surface area contributed by atoms with E-state index in [9.17, 15) is 9.90 Å². The molecule has 0 aliphatic carbocycles. The summed E-state index contributed by atoms with van der Waals surface area (Å²) in [6, 6.07) is 18.7. The fourth-order valence-electron chi connectivity index (χ4n) is 2.58. The molecule has 1 atom stereocenters. The van der Waals surface area contributed by atoms with E-state index in [4.69, 9.17) is 0 Å². The van der Waals surface area contributed by atoms with E-state index in [0.29, 0.717) is 25.7 Å². The predicted octanol–water partition coefficient (Wildman–Crippen LogP) is 3.52. The lowest BCUT2D eigenvalue weighted by Crippen LogP contribution is -2.11. The van der Waals surface area contributed by atoms with Crippen LogP contribution in [-0.4, -0.2) is 24.3 Å². The second-order valence-electron chi connectivity index (χ2n) is 5.81. The summed E-state index contributed by atoms with van der Waals surface area (Å²) in [5, 5.41) is 10.0. The van der Waals surface area contributed by atoms with E-state index in [0.717, 1.165) is 12.0 Å². The number of carbonyl (C=O) groups is 1. The van der Waals surface area contributed by atoms with Gasteiger partial charge in [0.15, 0.2) is 0 Å². The van der Waals surface area contributed by atoms with Gasteiger partial charge >= 0.3 is 5.97 Å². The number of hydrogen-bond acceptors (Lipinski definition) is 3. The molecule has 0 radical (unpaired) electrons. The molecule has 2 aromatic carbocycles. The van der Waals surface area contributed by atoms with Crippen LogP contribution in [0.3, 0.4) is 0 Å². The number of benzene rings is 2. The molecule has 1 unspecified atom stereocenters. The predicted molar refractivity (Wildman–Crippen MR) is 91.3 cm³/mol. The molecule has 2 aromatic rings. The molecule has 122 valence electrons. The number of carbonyl (C=O) groups excluding carboxylic acids is 1. The number of rotatable bonds is 8. The van der Waals surface area contributed by atoms with Crippen LogP contribution in [0.2, 0.25) is 0 Å². The fraction of sp³-hybridized carbons (Fsp3) is 0.350. The highest BCUT2D eigenvalue weighted by molar-refractivity contribution is 5.68. The quantitative estimate of drug-likeness (QED) is 0.759. The molecule has 0 bridgehead atoms. The van der Waals surface area contributed by atoms with Crippen molar-refractivity contribution < 1.29 is 14.6 Å². The summed E-state index contributed by atoms with van der Waals surface area (Å²) in [6.07, 6.45) is 2.75. The molecule has 0 amide bonds. The van der Waals surface area contributed by atoms with Crippen molar-refractivity contribution in [3.63, 3.8) is 0 Å². The lowest BCUT2D eigenvalue weighted by Gasteiger charge is -2.11. The first-order valence-electron chi connectivity index (χ1n) is 8.04. The number of hydrogen-bond donors (Lipinski definition) is 1. The standard InChI is InChI=1S/C20H24O3/c1-23-20(22)9-5-8-19(21)15-18-12-10-17(11-13-18)14-16-6-3-2-4-7-16/h2-4,6-7,10-13,19,21H,5,8-9,14-15H2,1H3. The molecule has 3 heteroatoms. The average Bonchev–Trinajstić information content (AvgIpc) is 2.57. The Morgan fingerprint density at radius 3 is 2.26 bits per heavy atom.